The lowest BCUT2D eigenvalue weighted by Gasteiger charge is -2.14. The zero-order valence-electron chi connectivity index (χ0n) is 8.85. The Morgan fingerprint density at radius 3 is 3.06 bits per heavy atom. The van der Waals surface area contributed by atoms with Crippen LogP contribution in [0, 0.1) is 11.3 Å². The normalized spacial score (nSPS) is 11.3. The fourth-order valence-corrected chi connectivity index (χ4v) is 1.39. The highest BCUT2D eigenvalue weighted by Gasteiger charge is 2.18. The van der Waals surface area contributed by atoms with Crippen LogP contribution < -0.4 is 5.32 Å². The van der Waals surface area contributed by atoms with Gasteiger partial charge in [0.25, 0.3) is 0 Å². The summed E-state index contributed by atoms with van der Waals surface area (Å²) in [5, 5.41) is 20.5. The molecular formula is C11H10ClN3O2. The van der Waals surface area contributed by atoms with E-state index in [1.807, 2.05) is 6.07 Å². The number of nitriles is 1. The molecule has 6 heteroatoms. The van der Waals surface area contributed by atoms with Crippen molar-refractivity contribution < 1.29 is 9.90 Å². The van der Waals surface area contributed by atoms with Gasteiger partial charge in [0.15, 0.2) is 0 Å². The molecule has 1 aromatic rings. The molecule has 0 aromatic carbocycles. The number of anilines is 1. The topological polar surface area (TPSA) is 86.0 Å². The van der Waals surface area contributed by atoms with Crippen LogP contribution in [0.2, 0.25) is 5.02 Å². The Hall–Kier alpha value is -2.06. The molecule has 0 aliphatic heterocycles. The third-order valence-corrected chi connectivity index (χ3v) is 2.40. The average Bonchev–Trinajstić information content (AvgIpc) is 2.30. The molecule has 0 fully saturated rings. The van der Waals surface area contributed by atoms with Gasteiger partial charge >= 0.3 is 5.97 Å². The van der Waals surface area contributed by atoms with Crippen molar-refractivity contribution in [1.82, 2.24) is 4.98 Å². The van der Waals surface area contributed by atoms with E-state index in [-0.39, 0.29) is 22.8 Å². The van der Waals surface area contributed by atoms with Gasteiger partial charge < -0.3 is 10.4 Å². The first-order valence-electron chi connectivity index (χ1n) is 4.75. The highest BCUT2D eigenvalue weighted by molar-refractivity contribution is 6.34. The maximum Gasteiger partial charge on any atom is 0.326 e. The number of nitrogens with one attached hydrogen (secondary N) is 1. The van der Waals surface area contributed by atoms with Gasteiger partial charge in [0.1, 0.15) is 23.0 Å². The van der Waals surface area contributed by atoms with E-state index in [4.69, 9.17) is 22.0 Å². The van der Waals surface area contributed by atoms with Crippen molar-refractivity contribution in [2.45, 2.75) is 12.5 Å². The van der Waals surface area contributed by atoms with E-state index < -0.39 is 12.0 Å². The summed E-state index contributed by atoms with van der Waals surface area (Å²) in [6.07, 6.45) is 3.09. The molecule has 1 rings (SSSR count). The Kier molecular flexibility index (Phi) is 4.49. The van der Waals surface area contributed by atoms with Crippen molar-refractivity contribution in [3.63, 3.8) is 0 Å². The summed E-state index contributed by atoms with van der Waals surface area (Å²) in [5.41, 5.74) is 0.243. The van der Waals surface area contributed by atoms with E-state index in [0.717, 1.165) is 0 Å². The predicted octanol–water partition coefficient (Wildman–Crippen LogP) is 2.05. The molecule has 0 radical (unpaired) electrons. The van der Waals surface area contributed by atoms with Gasteiger partial charge in [-0.05, 0) is 12.5 Å². The van der Waals surface area contributed by atoms with Crippen LogP contribution in [-0.2, 0) is 4.79 Å². The van der Waals surface area contributed by atoms with Crippen LogP contribution >= 0.6 is 11.6 Å². The number of carbonyl (C=O) groups is 1. The number of rotatable bonds is 5. The Bertz CT molecular complexity index is 482. The van der Waals surface area contributed by atoms with Crippen molar-refractivity contribution >= 4 is 23.4 Å². The number of aromatic nitrogens is 1. The third kappa shape index (κ3) is 3.20. The van der Waals surface area contributed by atoms with E-state index >= 15 is 0 Å². The number of hydrogen-bond acceptors (Lipinski definition) is 4. The summed E-state index contributed by atoms with van der Waals surface area (Å²) in [6.45, 7) is 3.47. The molecule has 17 heavy (non-hydrogen) atoms. The van der Waals surface area contributed by atoms with Gasteiger partial charge in [-0.3, -0.25) is 0 Å². The summed E-state index contributed by atoms with van der Waals surface area (Å²) in [6, 6.07) is 2.48. The standard InChI is InChI=1S/C11H10ClN3O2/c1-2-3-8(11(16)17)15-10-9(12)7(6-13)4-5-14-10/h2,4-5,8H,1,3H2,(H,14,15)(H,16,17). The smallest absolute Gasteiger partial charge is 0.326 e. The first kappa shape index (κ1) is 13.0. The number of carboxylic acids is 1. The maximum atomic E-state index is 10.9. The molecule has 2 N–H and O–H groups in total. The van der Waals surface area contributed by atoms with Gasteiger partial charge in [-0.25, -0.2) is 9.78 Å². The molecule has 0 amide bonds. The summed E-state index contributed by atoms with van der Waals surface area (Å²) < 4.78 is 0. The van der Waals surface area contributed by atoms with E-state index in [0.29, 0.717) is 0 Å². The minimum atomic E-state index is -1.04. The van der Waals surface area contributed by atoms with E-state index in [2.05, 4.69) is 16.9 Å². The van der Waals surface area contributed by atoms with Gasteiger partial charge in [0, 0.05) is 6.20 Å². The minimum absolute atomic E-state index is 0.116. The Balaban J connectivity index is 2.98. The molecule has 1 heterocycles. The maximum absolute atomic E-state index is 10.9. The lowest BCUT2D eigenvalue weighted by Crippen LogP contribution is -2.29. The molecule has 0 bridgehead atoms. The predicted molar refractivity (Wildman–Crippen MR) is 63.8 cm³/mol. The quantitative estimate of drug-likeness (QED) is 0.782. The van der Waals surface area contributed by atoms with E-state index in [1.54, 1.807) is 0 Å². The van der Waals surface area contributed by atoms with Gasteiger partial charge in [-0.2, -0.15) is 5.26 Å². The number of hydrogen-bond donors (Lipinski definition) is 2. The number of carboxylic acid groups (broad SMARTS) is 1. The van der Waals surface area contributed by atoms with Crippen LogP contribution in [-0.4, -0.2) is 22.1 Å². The number of aliphatic carboxylic acids is 1. The van der Waals surface area contributed by atoms with Gasteiger partial charge in [0.2, 0.25) is 0 Å². The van der Waals surface area contributed by atoms with Crippen molar-refractivity contribution in [3.8, 4) is 6.07 Å². The SMILES string of the molecule is C=CCC(Nc1nccc(C#N)c1Cl)C(=O)O. The molecule has 1 aromatic heterocycles. The average molecular weight is 252 g/mol. The van der Waals surface area contributed by atoms with E-state index in [1.165, 1.54) is 18.3 Å². The van der Waals surface area contributed by atoms with Crippen molar-refractivity contribution in [2.75, 3.05) is 5.32 Å². The first-order chi connectivity index (χ1) is 8.10. The molecule has 0 aliphatic rings. The summed E-state index contributed by atoms with van der Waals surface area (Å²) in [4.78, 5) is 14.8. The van der Waals surface area contributed by atoms with Gasteiger partial charge in [0.05, 0.1) is 5.56 Å². The Morgan fingerprint density at radius 2 is 2.53 bits per heavy atom. The molecule has 1 unspecified atom stereocenters. The van der Waals surface area contributed by atoms with Crippen LogP contribution in [0.1, 0.15) is 12.0 Å². The Morgan fingerprint density at radius 1 is 1.82 bits per heavy atom. The lowest BCUT2D eigenvalue weighted by molar-refractivity contribution is -0.137. The fraction of sp³-hybridized carbons (Fsp3) is 0.182. The number of halogens is 1. The third-order valence-electron chi connectivity index (χ3n) is 2.02. The van der Waals surface area contributed by atoms with E-state index in [9.17, 15) is 4.79 Å². The molecule has 0 saturated carbocycles. The second-order valence-electron chi connectivity index (χ2n) is 3.19. The molecule has 88 valence electrons. The fourth-order valence-electron chi connectivity index (χ4n) is 1.18. The molecule has 5 nitrogen and oxygen atoms in total. The number of nitrogens with zero attached hydrogens (tertiary/aromatic N) is 2. The molecule has 0 spiro atoms. The minimum Gasteiger partial charge on any atom is -0.480 e. The largest absolute Gasteiger partial charge is 0.480 e. The van der Waals surface area contributed by atoms with Crippen molar-refractivity contribution in [1.29, 1.82) is 5.26 Å². The zero-order chi connectivity index (χ0) is 12.8. The second-order valence-corrected chi connectivity index (χ2v) is 3.57. The number of pyridine rings is 1. The monoisotopic (exact) mass is 251 g/mol. The lowest BCUT2D eigenvalue weighted by atomic mass is 10.2. The van der Waals surface area contributed by atoms with Crippen molar-refractivity contribution in [3.05, 3.63) is 35.5 Å². The summed E-state index contributed by atoms with van der Waals surface area (Å²) in [5.74, 6) is -0.856. The molecule has 1 atom stereocenters. The van der Waals surface area contributed by atoms with Crippen LogP contribution in [0.15, 0.2) is 24.9 Å². The van der Waals surface area contributed by atoms with Crippen molar-refractivity contribution in [2.24, 2.45) is 0 Å². The summed E-state index contributed by atoms with van der Waals surface area (Å²) >= 11 is 5.89. The molecule has 0 aliphatic carbocycles. The first-order valence-corrected chi connectivity index (χ1v) is 5.12. The van der Waals surface area contributed by atoms with Crippen LogP contribution in [0.5, 0.6) is 0 Å². The zero-order valence-corrected chi connectivity index (χ0v) is 9.61. The Labute approximate surface area is 103 Å². The summed E-state index contributed by atoms with van der Waals surface area (Å²) in [7, 11) is 0. The highest BCUT2D eigenvalue weighted by atomic mass is 35.5. The molecule has 0 saturated heterocycles. The highest BCUT2D eigenvalue weighted by Crippen LogP contribution is 2.23. The molecular weight excluding hydrogens is 242 g/mol. The second kappa shape index (κ2) is 5.87. The van der Waals surface area contributed by atoms with Gasteiger partial charge in [-0.1, -0.05) is 17.7 Å². The van der Waals surface area contributed by atoms with Crippen LogP contribution in [0.25, 0.3) is 0 Å². The van der Waals surface area contributed by atoms with Crippen LogP contribution in [0.4, 0.5) is 5.82 Å². The van der Waals surface area contributed by atoms with Crippen LogP contribution in [0.3, 0.4) is 0 Å². The van der Waals surface area contributed by atoms with Gasteiger partial charge in [-0.15, -0.1) is 6.58 Å².